The van der Waals surface area contributed by atoms with Crippen molar-refractivity contribution >= 4 is 0 Å². The van der Waals surface area contributed by atoms with E-state index in [0.717, 1.165) is 50.0 Å². The molecule has 0 aliphatic carbocycles. The average molecular weight is 251 g/mol. The number of hydrogen-bond acceptors (Lipinski definition) is 4. The summed E-state index contributed by atoms with van der Waals surface area (Å²) in [5, 5.41) is 7.45. The minimum Gasteiger partial charge on any atom is -0.339 e. The fraction of sp³-hybridized carbons (Fsp3) is 0.857. The van der Waals surface area contributed by atoms with Gasteiger partial charge in [0.25, 0.3) is 0 Å². The number of aromatic nitrogens is 2. The molecule has 1 aromatic heterocycles. The second kappa shape index (κ2) is 6.88. The molecule has 1 aliphatic rings. The molecule has 0 unspecified atom stereocenters. The monoisotopic (exact) mass is 251 g/mol. The van der Waals surface area contributed by atoms with E-state index < -0.39 is 0 Å². The van der Waals surface area contributed by atoms with E-state index in [1.165, 1.54) is 19.3 Å². The Morgan fingerprint density at radius 3 is 2.78 bits per heavy atom. The van der Waals surface area contributed by atoms with Crippen molar-refractivity contribution in [1.29, 1.82) is 0 Å². The molecule has 2 rings (SSSR count). The van der Waals surface area contributed by atoms with Gasteiger partial charge in [-0.05, 0) is 50.6 Å². The SMILES string of the molecule is CC(C)CCc1noc(CCC2CCNCC2)n1. The van der Waals surface area contributed by atoms with Crippen LogP contribution in [0.5, 0.6) is 0 Å². The second-order valence-electron chi connectivity index (χ2n) is 5.77. The van der Waals surface area contributed by atoms with Gasteiger partial charge >= 0.3 is 0 Å². The summed E-state index contributed by atoms with van der Waals surface area (Å²) in [6.45, 7) is 6.76. The van der Waals surface area contributed by atoms with Gasteiger partial charge in [-0.3, -0.25) is 0 Å². The minimum atomic E-state index is 0.696. The van der Waals surface area contributed by atoms with Gasteiger partial charge in [0.2, 0.25) is 5.89 Å². The van der Waals surface area contributed by atoms with E-state index in [4.69, 9.17) is 4.52 Å². The van der Waals surface area contributed by atoms with Crippen LogP contribution in [0, 0.1) is 11.8 Å². The van der Waals surface area contributed by atoms with Gasteiger partial charge in [-0.2, -0.15) is 4.98 Å². The summed E-state index contributed by atoms with van der Waals surface area (Å²) in [6, 6.07) is 0. The van der Waals surface area contributed by atoms with Gasteiger partial charge < -0.3 is 9.84 Å². The number of piperidine rings is 1. The van der Waals surface area contributed by atoms with Crippen LogP contribution >= 0.6 is 0 Å². The van der Waals surface area contributed by atoms with E-state index in [1.54, 1.807) is 0 Å². The van der Waals surface area contributed by atoms with Crippen molar-refractivity contribution in [2.75, 3.05) is 13.1 Å². The molecule has 18 heavy (non-hydrogen) atoms. The third kappa shape index (κ3) is 4.41. The van der Waals surface area contributed by atoms with Gasteiger partial charge in [0.1, 0.15) is 0 Å². The molecular formula is C14H25N3O. The zero-order valence-corrected chi connectivity index (χ0v) is 11.6. The summed E-state index contributed by atoms with van der Waals surface area (Å²) in [6.07, 6.45) is 6.78. The van der Waals surface area contributed by atoms with Crippen molar-refractivity contribution in [2.45, 2.75) is 52.4 Å². The molecule has 1 fully saturated rings. The van der Waals surface area contributed by atoms with Crippen molar-refractivity contribution < 1.29 is 4.52 Å². The van der Waals surface area contributed by atoms with Crippen molar-refractivity contribution in [3.05, 3.63) is 11.7 Å². The molecule has 2 heterocycles. The molecule has 0 aromatic carbocycles. The maximum absolute atomic E-state index is 5.31. The number of aryl methyl sites for hydroxylation is 2. The molecule has 0 radical (unpaired) electrons. The average Bonchev–Trinajstić information content (AvgIpc) is 2.83. The van der Waals surface area contributed by atoms with Gasteiger partial charge in [-0.15, -0.1) is 0 Å². The van der Waals surface area contributed by atoms with Gasteiger partial charge in [0.05, 0.1) is 0 Å². The van der Waals surface area contributed by atoms with E-state index in [0.29, 0.717) is 5.92 Å². The van der Waals surface area contributed by atoms with Crippen molar-refractivity contribution in [1.82, 2.24) is 15.5 Å². The summed E-state index contributed by atoms with van der Waals surface area (Å²) in [7, 11) is 0. The smallest absolute Gasteiger partial charge is 0.226 e. The van der Waals surface area contributed by atoms with Crippen LogP contribution in [-0.2, 0) is 12.8 Å². The largest absolute Gasteiger partial charge is 0.339 e. The molecule has 0 saturated carbocycles. The Kier molecular flexibility index (Phi) is 5.17. The Morgan fingerprint density at radius 2 is 2.06 bits per heavy atom. The summed E-state index contributed by atoms with van der Waals surface area (Å²) in [5.74, 6) is 3.23. The van der Waals surface area contributed by atoms with Crippen LogP contribution in [0.15, 0.2) is 4.52 Å². The van der Waals surface area contributed by atoms with E-state index in [-0.39, 0.29) is 0 Å². The van der Waals surface area contributed by atoms with Crippen LogP contribution in [0.25, 0.3) is 0 Å². The topological polar surface area (TPSA) is 51.0 Å². The zero-order valence-electron chi connectivity index (χ0n) is 11.6. The maximum Gasteiger partial charge on any atom is 0.226 e. The molecule has 1 aromatic rings. The molecule has 102 valence electrons. The number of rotatable bonds is 6. The lowest BCUT2D eigenvalue weighted by molar-refractivity contribution is 0.323. The predicted molar refractivity (Wildman–Crippen MR) is 71.4 cm³/mol. The lowest BCUT2D eigenvalue weighted by Gasteiger charge is -2.21. The molecule has 4 heteroatoms. The molecule has 1 saturated heterocycles. The first-order valence-electron chi connectivity index (χ1n) is 7.26. The Balaban J connectivity index is 1.72. The molecule has 0 atom stereocenters. The molecule has 0 bridgehead atoms. The molecule has 1 N–H and O–H groups in total. The Hall–Kier alpha value is -0.900. The molecule has 4 nitrogen and oxygen atoms in total. The lowest BCUT2D eigenvalue weighted by Crippen LogP contribution is -2.27. The summed E-state index contributed by atoms with van der Waals surface area (Å²) in [5.41, 5.74) is 0. The predicted octanol–water partition coefficient (Wildman–Crippen LogP) is 2.59. The van der Waals surface area contributed by atoms with Gasteiger partial charge in [-0.1, -0.05) is 19.0 Å². The normalized spacial score (nSPS) is 17.5. The summed E-state index contributed by atoms with van der Waals surface area (Å²) < 4.78 is 5.31. The second-order valence-corrected chi connectivity index (χ2v) is 5.77. The van der Waals surface area contributed by atoms with Gasteiger partial charge in [0.15, 0.2) is 5.82 Å². The first-order chi connectivity index (χ1) is 8.74. The van der Waals surface area contributed by atoms with E-state index in [2.05, 4.69) is 29.3 Å². The number of nitrogens with one attached hydrogen (secondary N) is 1. The highest BCUT2D eigenvalue weighted by Gasteiger charge is 2.15. The Labute approximate surface area is 110 Å². The van der Waals surface area contributed by atoms with Gasteiger partial charge in [0, 0.05) is 12.8 Å². The van der Waals surface area contributed by atoms with Crippen LogP contribution in [-0.4, -0.2) is 23.2 Å². The van der Waals surface area contributed by atoms with Gasteiger partial charge in [-0.25, -0.2) is 0 Å². The third-order valence-corrected chi connectivity index (χ3v) is 3.68. The number of nitrogens with zero attached hydrogens (tertiary/aromatic N) is 2. The highest BCUT2D eigenvalue weighted by Crippen LogP contribution is 2.18. The van der Waals surface area contributed by atoms with Crippen LogP contribution in [0.2, 0.25) is 0 Å². The molecule has 0 spiro atoms. The quantitative estimate of drug-likeness (QED) is 0.844. The highest BCUT2D eigenvalue weighted by atomic mass is 16.5. The minimum absolute atomic E-state index is 0.696. The van der Waals surface area contributed by atoms with Crippen molar-refractivity contribution in [3.8, 4) is 0 Å². The Morgan fingerprint density at radius 1 is 1.28 bits per heavy atom. The molecule has 0 amide bonds. The summed E-state index contributed by atoms with van der Waals surface area (Å²) >= 11 is 0. The van der Waals surface area contributed by atoms with Crippen molar-refractivity contribution in [3.63, 3.8) is 0 Å². The highest BCUT2D eigenvalue weighted by molar-refractivity contribution is 4.87. The zero-order chi connectivity index (χ0) is 12.8. The molecular weight excluding hydrogens is 226 g/mol. The summed E-state index contributed by atoms with van der Waals surface area (Å²) in [4.78, 5) is 4.47. The van der Waals surface area contributed by atoms with E-state index >= 15 is 0 Å². The third-order valence-electron chi connectivity index (χ3n) is 3.68. The Bertz CT molecular complexity index is 343. The van der Waals surface area contributed by atoms with Crippen molar-refractivity contribution in [2.24, 2.45) is 11.8 Å². The standard InChI is InChI=1S/C14H25N3O/c1-11(2)3-5-13-16-14(18-17-13)6-4-12-7-9-15-10-8-12/h11-12,15H,3-10H2,1-2H3. The first-order valence-corrected chi connectivity index (χ1v) is 7.26. The van der Waals surface area contributed by atoms with Crippen LogP contribution in [0.1, 0.15) is 51.2 Å². The van der Waals surface area contributed by atoms with Crippen LogP contribution in [0.3, 0.4) is 0 Å². The molecule has 1 aliphatic heterocycles. The first kappa shape index (κ1) is 13.5. The maximum atomic E-state index is 5.31. The van der Waals surface area contributed by atoms with Crippen LogP contribution in [0.4, 0.5) is 0 Å². The lowest BCUT2D eigenvalue weighted by atomic mass is 9.93. The fourth-order valence-electron chi connectivity index (χ4n) is 2.41. The van der Waals surface area contributed by atoms with E-state index in [9.17, 15) is 0 Å². The van der Waals surface area contributed by atoms with E-state index in [1.807, 2.05) is 0 Å². The number of hydrogen-bond donors (Lipinski definition) is 1. The van der Waals surface area contributed by atoms with Crippen LogP contribution < -0.4 is 5.32 Å². The fourth-order valence-corrected chi connectivity index (χ4v) is 2.41.